The van der Waals surface area contributed by atoms with Crippen molar-refractivity contribution in [2.24, 2.45) is 0 Å². The highest BCUT2D eigenvalue weighted by atomic mass is 16.7. The number of hydrogen-bond acceptors (Lipinski definition) is 5. The summed E-state index contributed by atoms with van der Waals surface area (Å²) in [5.41, 5.74) is 0.879. The summed E-state index contributed by atoms with van der Waals surface area (Å²) in [5.74, 6) is 0. The van der Waals surface area contributed by atoms with Crippen molar-refractivity contribution in [1.82, 2.24) is 5.06 Å². The molecule has 1 aromatic rings. The number of nitrogens with zero attached hydrogens (tertiary/aromatic N) is 2. The van der Waals surface area contributed by atoms with Gasteiger partial charge in [0.2, 0.25) is 0 Å². The quantitative estimate of drug-likeness (QED) is 0.418. The lowest BCUT2D eigenvalue weighted by atomic mass is 10.0. The Morgan fingerprint density at radius 1 is 1.45 bits per heavy atom. The molecule has 1 rings (SSSR count). The highest BCUT2D eigenvalue weighted by Gasteiger charge is 2.25. The second kappa shape index (κ2) is 8.78. The lowest BCUT2D eigenvalue weighted by molar-refractivity contribution is -0.384. The molecule has 0 heterocycles. The predicted molar refractivity (Wildman–Crippen MR) is 81.3 cm³/mol. The molecule has 0 aliphatic heterocycles. The van der Waals surface area contributed by atoms with E-state index in [0.717, 1.165) is 5.56 Å². The van der Waals surface area contributed by atoms with Gasteiger partial charge in [-0.3, -0.25) is 15.0 Å². The van der Waals surface area contributed by atoms with Crippen LogP contribution in [-0.2, 0) is 16.0 Å². The van der Waals surface area contributed by atoms with Crippen molar-refractivity contribution in [3.05, 3.63) is 52.6 Å². The fraction of sp³-hybridized carbons (Fsp3) is 0.400. The minimum atomic E-state index is -0.587. The Kier molecular flexibility index (Phi) is 7.04. The molecule has 0 N–H and O–H groups in total. The maximum absolute atomic E-state index is 11.8. The number of hydrogen-bond donors (Lipinski definition) is 0. The van der Waals surface area contributed by atoms with Crippen LogP contribution in [0.1, 0.15) is 18.9 Å². The van der Waals surface area contributed by atoms with Crippen LogP contribution in [0.4, 0.5) is 10.5 Å². The summed E-state index contributed by atoms with van der Waals surface area (Å²) in [4.78, 5) is 27.4. The molecular weight excluding hydrogens is 288 g/mol. The van der Waals surface area contributed by atoms with Gasteiger partial charge in [0.25, 0.3) is 5.69 Å². The number of rotatable bonds is 8. The summed E-state index contributed by atoms with van der Waals surface area (Å²) in [6.45, 7) is 5.78. The van der Waals surface area contributed by atoms with E-state index in [0.29, 0.717) is 19.4 Å². The number of non-ortho nitro benzene ring substituents is 1. The van der Waals surface area contributed by atoms with Crippen molar-refractivity contribution in [3.8, 4) is 0 Å². The summed E-state index contributed by atoms with van der Waals surface area (Å²) < 4.78 is 4.72. The number of carbonyl (C=O) groups is 1. The number of carbonyl (C=O) groups excluding carboxylic acids is 1. The average molecular weight is 308 g/mol. The summed E-state index contributed by atoms with van der Waals surface area (Å²) in [6, 6.07) is 5.89. The number of methoxy groups -OCH3 is 1. The van der Waals surface area contributed by atoms with Gasteiger partial charge in [0, 0.05) is 12.1 Å². The van der Waals surface area contributed by atoms with Crippen molar-refractivity contribution < 1.29 is 19.3 Å². The van der Waals surface area contributed by atoms with Crippen LogP contribution in [0, 0.1) is 10.1 Å². The van der Waals surface area contributed by atoms with Gasteiger partial charge in [-0.05, 0) is 25.3 Å². The molecule has 0 saturated carbocycles. The fourth-order valence-electron chi connectivity index (χ4n) is 2.02. The normalized spacial score (nSPS) is 11.5. The van der Waals surface area contributed by atoms with Crippen LogP contribution in [0.15, 0.2) is 36.9 Å². The molecule has 120 valence electrons. The monoisotopic (exact) mass is 308 g/mol. The molecule has 1 unspecified atom stereocenters. The summed E-state index contributed by atoms with van der Waals surface area (Å²) in [6.07, 6.45) is 2.08. The van der Waals surface area contributed by atoms with Crippen LogP contribution in [0.3, 0.4) is 0 Å². The van der Waals surface area contributed by atoms with Crippen molar-refractivity contribution in [1.29, 1.82) is 0 Å². The number of amides is 1. The van der Waals surface area contributed by atoms with E-state index in [1.165, 1.54) is 24.3 Å². The lowest BCUT2D eigenvalue weighted by Gasteiger charge is -2.28. The SMILES string of the molecule is C=CCC(Cc1ccc([N+](=O)[O-])cc1)N(OCC)C(=O)OC. The molecule has 1 aromatic carbocycles. The molecular formula is C15H20N2O5. The highest BCUT2D eigenvalue weighted by molar-refractivity contribution is 5.66. The van der Waals surface area contributed by atoms with Crippen LogP contribution in [0.2, 0.25) is 0 Å². The van der Waals surface area contributed by atoms with E-state index in [2.05, 4.69) is 6.58 Å². The third-order valence-electron chi connectivity index (χ3n) is 3.01. The van der Waals surface area contributed by atoms with Crippen LogP contribution in [0.25, 0.3) is 0 Å². The molecule has 7 heteroatoms. The zero-order chi connectivity index (χ0) is 16.5. The Labute approximate surface area is 129 Å². The topological polar surface area (TPSA) is 81.9 Å². The molecule has 1 atom stereocenters. The smallest absolute Gasteiger partial charge is 0.433 e. The van der Waals surface area contributed by atoms with E-state index in [9.17, 15) is 14.9 Å². The molecule has 0 aromatic heterocycles. The van der Waals surface area contributed by atoms with E-state index < -0.39 is 11.0 Å². The van der Waals surface area contributed by atoms with Gasteiger partial charge in [-0.15, -0.1) is 6.58 Å². The van der Waals surface area contributed by atoms with Crippen molar-refractivity contribution in [2.75, 3.05) is 13.7 Å². The standard InChI is InChI=1S/C15H20N2O5/c1-4-6-14(16(22-5-2)15(18)21-3)11-12-7-9-13(10-8-12)17(19)20/h4,7-10,14H,1,5-6,11H2,2-3H3. The highest BCUT2D eigenvalue weighted by Crippen LogP contribution is 2.18. The van der Waals surface area contributed by atoms with Crippen LogP contribution in [-0.4, -0.2) is 35.8 Å². The Hall–Kier alpha value is -2.41. The first kappa shape index (κ1) is 17.6. The Bertz CT molecular complexity index is 515. The zero-order valence-electron chi connectivity index (χ0n) is 12.7. The van der Waals surface area contributed by atoms with Gasteiger partial charge in [-0.25, -0.2) is 4.79 Å². The van der Waals surface area contributed by atoms with Crippen molar-refractivity contribution in [3.63, 3.8) is 0 Å². The average Bonchev–Trinajstić information content (AvgIpc) is 2.52. The molecule has 1 amide bonds. The molecule has 0 spiro atoms. The Morgan fingerprint density at radius 2 is 2.09 bits per heavy atom. The maximum Gasteiger partial charge on any atom is 0.433 e. The van der Waals surface area contributed by atoms with Gasteiger partial charge in [-0.2, -0.15) is 5.06 Å². The Morgan fingerprint density at radius 3 is 2.55 bits per heavy atom. The molecule has 7 nitrogen and oxygen atoms in total. The van der Waals surface area contributed by atoms with Crippen LogP contribution < -0.4 is 0 Å². The second-order valence-electron chi connectivity index (χ2n) is 4.52. The second-order valence-corrected chi connectivity index (χ2v) is 4.52. The van der Waals surface area contributed by atoms with Crippen LogP contribution >= 0.6 is 0 Å². The van der Waals surface area contributed by atoms with E-state index >= 15 is 0 Å². The largest absolute Gasteiger partial charge is 0.451 e. The minimum absolute atomic E-state index is 0.0265. The van der Waals surface area contributed by atoms with E-state index in [1.807, 2.05) is 0 Å². The summed E-state index contributed by atoms with van der Waals surface area (Å²) >= 11 is 0. The molecule has 0 aliphatic carbocycles. The zero-order valence-corrected chi connectivity index (χ0v) is 12.7. The maximum atomic E-state index is 11.8. The molecule has 0 radical (unpaired) electrons. The van der Waals surface area contributed by atoms with E-state index in [-0.39, 0.29) is 11.7 Å². The van der Waals surface area contributed by atoms with Gasteiger partial charge in [-0.1, -0.05) is 18.2 Å². The van der Waals surface area contributed by atoms with Gasteiger partial charge in [0.15, 0.2) is 0 Å². The first-order chi connectivity index (χ1) is 10.5. The predicted octanol–water partition coefficient (Wildman–Crippen LogP) is 3.10. The fourth-order valence-corrected chi connectivity index (χ4v) is 2.02. The first-order valence-electron chi connectivity index (χ1n) is 6.87. The molecule has 0 bridgehead atoms. The molecule has 22 heavy (non-hydrogen) atoms. The minimum Gasteiger partial charge on any atom is -0.451 e. The van der Waals surface area contributed by atoms with E-state index in [4.69, 9.17) is 9.57 Å². The van der Waals surface area contributed by atoms with E-state index in [1.54, 1.807) is 25.1 Å². The Balaban J connectivity index is 2.91. The van der Waals surface area contributed by atoms with Gasteiger partial charge >= 0.3 is 6.09 Å². The van der Waals surface area contributed by atoms with Gasteiger partial charge in [0.1, 0.15) is 0 Å². The third-order valence-corrected chi connectivity index (χ3v) is 3.01. The molecule has 0 fully saturated rings. The number of benzene rings is 1. The van der Waals surface area contributed by atoms with Crippen molar-refractivity contribution in [2.45, 2.75) is 25.8 Å². The van der Waals surface area contributed by atoms with Gasteiger partial charge < -0.3 is 4.74 Å². The van der Waals surface area contributed by atoms with Gasteiger partial charge in [0.05, 0.1) is 24.7 Å². The number of hydroxylamine groups is 2. The van der Waals surface area contributed by atoms with Crippen molar-refractivity contribution >= 4 is 11.8 Å². The number of nitro groups is 1. The lowest BCUT2D eigenvalue weighted by Crippen LogP contribution is -2.41. The molecule has 0 aliphatic rings. The van der Waals surface area contributed by atoms with Crippen LogP contribution in [0.5, 0.6) is 0 Å². The number of nitro benzene ring substituents is 1. The summed E-state index contributed by atoms with van der Waals surface area (Å²) in [5, 5.41) is 11.8. The molecule has 0 saturated heterocycles. The number of ether oxygens (including phenoxy) is 1. The first-order valence-corrected chi connectivity index (χ1v) is 6.87. The summed E-state index contributed by atoms with van der Waals surface area (Å²) in [7, 11) is 1.28. The third kappa shape index (κ3) is 4.85.